The Morgan fingerprint density at radius 1 is 1.30 bits per heavy atom. The maximum absolute atomic E-state index is 12.5. The summed E-state index contributed by atoms with van der Waals surface area (Å²) in [6.07, 6.45) is 0. The molecular formula is C14H24N2O4. The molecule has 1 fully saturated rings. The van der Waals surface area contributed by atoms with E-state index >= 15 is 0 Å². The van der Waals surface area contributed by atoms with E-state index in [9.17, 15) is 4.79 Å². The highest BCUT2D eigenvalue weighted by Crippen LogP contribution is 2.18. The minimum Gasteiger partial charge on any atom is -0.491 e. The van der Waals surface area contributed by atoms with Gasteiger partial charge in [-0.25, -0.2) is 0 Å². The molecule has 1 amide bonds. The summed E-state index contributed by atoms with van der Waals surface area (Å²) in [6, 6.07) is 0. The van der Waals surface area contributed by atoms with E-state index in [2.05, 4.69) is 4.90 Å². The molecule has 114 valence electrons. The largest absolute Gasteiger partial charge is 0.491 e. The number of carbonyl (C=O) groups excluding carboxylic acids is 1. The van der Waals surface area contributed by atoms with Gasteiger partial charge in [0.2, 0.25) is 5.76 Å². The first-order valence-corrected chi connectivity index (χ1v) is 7.06. The molecule has 0 aromatic heterocycles. The zero-order chi connectivity index (χ0) is 14.5. The summed E-state index contributed by atoms with van der Waals surface area (Å²) in [4.78, 5) is 16.5. The van der Waals surface area contributed by atoms with Gasteiger partial charge in [-0.2, -0.15) is 0 Å². The average molecular weight is 284 g/mol. The molecule has 0 aromatic carbocycles. The third kappa shape index (κ3) is 3.86. The van der Waals surface area contributed by atoms with Crippen LogP contribution < -0.4 is 0 Å². The van der Waals surface area contributed by atoms with Gasteiger partial charge in [0.1, 0.15) is 19.0 Å². The van der Waals surface area contributed by atoms with E-state index in [1.165, 1.54) is 0 Å². The molecule has 0 saturated carbocycles. The summed E-state index contributed by atoms with van der Waals surface area (Å²) in [5, 5.41) is 0. The maximum atomic E-state index is 12.5. The zero-order valence-corrected chi connectivity index (χ0v) is 12.6. The highest BCUT2D eigenvalue weighted by atomic mass is 16.6. The predicted octanol–water partition coefficient (Wildman–Crippen LogP) is 0.301. The molecule has 0 N–H and O–H groups in total. The van der Waals surface area contributed by atoms with E-state index in [-0.39, 0.29) is 5.91 Å². The highest BCUT2D eigenvalue weighted by Gasteiger charge is 2.28. The molecule has 20 heavy (non-hydrogen) atoms. The minimum absolute atomic E-state index is 0.0866. The third-order valence-electron chi connectivity index (χ3n) is 3.41. The Hall–Kier alpha value is -1.27. The van der Waals surface area contributed by atoms with Gasteiger partial charge < -0.3 is 24.0 Å². The molecule has 6 heteroatoms. The van der Waals surface area contributed by atoms with E-state index in [1.54, 1.807) is 6.92 Å². The molecule has 0 spiro atoms. The lowest BCUT2D eigenvalue weighted by atomic mass is 10.1. The lowest BCUT2D eigenvalue weighted by Gasteiger charge is -2.28. The summed E-state index contributed by atoms with van der Waals surface area (Å²) in [6.45, 7) is 6.18. The third-order valence-corrected chi connectivity index (χ3v) is 3.41. The van der Waals surface area contributed by atoms with Gasteiger partial charge in [0.15, 0.2) is 0 Å². The van der Waals surface area contributed by atoms with Crippen molar-refractivity contribution in [1.29, 1.82) is 0 Å². The van der Waals surface area contributed by atoms with Crippen LogP contribution in [0.2, 0.25) is 0 Å². The predicted molar refractivity (Wildman–Crippen MR) is 74.0 cm³/mol. The van der Waals surface area contributed by atoms with E-state index in [0.717, 1.165) is 6.54 Å². The molecule has 2 heterocycles. The molecule has 0 bridgehead atoms. The van der Waals surface area contributed by atoms with Crippen LogP contribution in [0.4, 0.5) is 0 Å². The number of ether oxygens (including phenoxy) is 3. The van der Waals surface area contributed by atoms with Gasteiger partial charge in [-0.05, 0) is 21.0 Å². The second kappa shape index (κ2) is 6.95. The van der Waals surface area contributed by atoms with Crippen molar-refractivity contribution < 1.29 is 19.0 Å². The second-order valence-corrected chi connectivity index (χ2v) is 5.54. The molecule has 1 unspecified atom stereocenters. The molecule has 6 nitrogen and oxygen atoms in total. The number of nitrogens with zero attached hydrogens (tertiary/aromatic N) is 2. The molecule has 2 rings (SSSR count). The summed E-state index contributed by atoms with van der Waals surface area (Å²) >= 11 is 0. The van der Waals surface area contributed by atoms with Crippen LogP contribution in [0.5, 0.6) is 0 Å². The number of allylic oxidation sites excluding steroid dienone is 1. The smallest absolute Gasteiger partial charge is 0.292 e. The van der Waals surface area contributed by atoms with Crippen LogP contribution in [0.1, 0.15) is 6.92 Å². The summed E-state index contributed by atoms with van der Waals surface area (Å²) < 4.78 is 16.5. The van der Waals surface area contributed by atoms with Crippen molar-refractivity contribution in [2.45, 2.75) is 6.92 Å². The summed E-state index contributed by atoms with van der Waals surface area (Å²) in [7, 11) is 4.06. The number of amides is 1. The summed E-state index contributed by atoms with van der Waals surface area (Å²) in [5.74, 6) is 1.16. The molecule has 0 aromatic rings. The van der Waals surface area contributed by atoms with E-state index < -0.39 is 0 Å². The monoisotopic (exact) mass is 284 g/mol. The molecule has 0 aliphatic carbocycles. The Balaban J connectivity index is 2.04. The van der Waals surface area contributed by atoms with E-state index in [1.807, 2.05) is 19.0 Å². The Kier molecular flexibility index (Phi) is 5.25. The van der Waals surface area contributed by atoms with Crippen molar-refractivity contribution in [3.63, 3.8) is 0 Å². The van der Waals surface area contributed by atoms with Gasteiger partial charge in [-0.1, -0.05) is 0 Å². The number of rotatable bonds is 3. The Morgan fingerprint density at radius 3 is 2.75 bits per heavy atom. The van der Waals surface area contributed by atoms with Gasteiger partial charge in [0, 0.05) is 25.6 Å². The quantitative estimate of drug-likeness (QED) is 0.746. The van der Waals surface area contributed by atoms with Crippen molar-refractivity contribution in [3.05, 3.63) is 11.5 Å². The average Bonchev–Trinajstić information content (AvgIpc) is 2.63. The Bertz CT molecular complexity index is 381. The second-order valence-electron chi connectivity index (χ2n) is 5.54. The molecule has 1 atom stereocenters. The number of carbonyl (C=O) groups is 1. The molecule has 2 aliphatic rings. The van der Waals surface area contributed by atoms with E-state index in [0.29, 0.717) is 57.0 Å². The van der Waals surface area contributed by atoms with Crippen LogP contribution in [0.25, 0.3) is 0 Å². The van der Waals surface area contributed by atoms with Crippen LogP contribution in [-0.2, 0) is 19.0 Å². The van der Waals surface area contributed by atoms with Crippen LogP contribution in [0.3, 0.4) is 0 Å². The topological polar surface area (TPSA) is 51.2 Å². The van der Waals surface area contributed by atoms with Gasteiger partial charge >= 0.3 is 0 Å². The molecular weight excluding hydrogens is 260 g/mol. The highest BCUT2D eigenvalue weighted by molar-refractivity contribution is 5.92. The standard InChI is InChI=1S/C14H24N2O4/c1-11-13(20-7-6-19-11)14(17)16-4-5-18-10-12(9-16)8-15(2)3/h12H,4-10H2,1-3H3. The van der Waals surface area contributed by atoms with Crippen molar-refractivity contribution in [2.75, 3.05) is 60.2 Å². The number of hydrogen-bond donors (Lipinski definition) is 0. The minimum atomic E-state index is -0.0866. The first kappa shape index (κ1) is 15.1. The van der Waals surface area contributed by atoms with Crippen molar-refractivity contribution >= 4 is 5.91 Å². The molecule has 1 saturated heterocycles. The van der Waals surface area contributed by atoms with Crippen LogP contribution in [0.15, 0.2) is 11.5 Å². The number of hydrogen-bond acceptors (Lipinski definition) is 5. The molecule has 0 radical (unpaired) electrons. The maximum Gasteiger partial charge on any atom is 0.292 e. The first-order chi connectivity index (χ1) is 9.58. The van der Waals surface area contributed by atoms with Crippen molar-refractivity contribution in [1.82, 2.24) is 9.80 Å². The lowest BCUT2D eigenvalue weighted by molar-refractivity contribution is -0.133. The van der Waals surface area contributed by atoms with Gasteiger partial charge in [-0.15, -0.1) is 0 Å². The summed E-state index contributed by atoms with van der Waals surface area (Å²) in [5.41, 5.74) is 0. The first-order valence-electron chi connectivity index (χ1n) is 7.06. The molecule has 2 aliphatic heterocycles. The zero-order valence-electron chi connectivity index (χ0n) is 12.6. The van der Waals surface area contributed by atoms with Crippen LogP contribution in [0, 0.1) is 5.92 Å². The fraction of sp³-hybridized carbons (Fsp3) is 0.786. The van der Waals surface area contributed by atoms with Crippen LogP contribution in [-0.4, -0.2) is 75.9 Å². The Morgan fingerprint density at radius 2 is 2.05 bits per heavy atom. The van der Waals surface area contributed by atoms with Crippen molar-refractivity contribution in [2.24, 2.45) is 5.92 Å². The van der Waals surface area contributed by atoms with Crippen LogP contribution >= 0.6 is 0 Å². The van der Waals surface area contributed by atoms with E-state index in [4.69, 9.17) is 14.2 Å². The SMILES string of the molecule is CC1=C(C(=O)N2CCOCC(CN(C)C)C2)OCCO1. The van der Waals surface area contributed by atoms with Gasteiger partial charge in [0.05, 0.1) is 13.2 Å². The fourth-order valence-corrected chi connectivity index (χ4v) is 2.55. The lowest BCUT2D eigenvalue weighted by Crippen LogP contribution is -2.40. The normalized spacial score (nSPS) is 24.2. The van der Waals surface area contributed by atoms with Crippen molar-refractivity contribution in [3.8, 4) is 0 Å². The fourth-order valence-electron chi connectivity index (χ4n) is 2.55. The van der Waals surface area contributed by atoms with Gasteiger partial charge in [-0.3, -0.25) is 4.79 Å². The Labute approximate surface area is 120 Å². The van der Waals surface area contributed by atoms with Gasteiger partial charge in [0.25, 0.3) is 5.91 Å².